The second kappa shape index (κ2) is 4.96. The van der Waals surface area contributed by atoms with Crippen molar-refractivity contribution in [1.29, 1.82) is 0 Å². The fourth-order valence-electron chi connectivity index (χ4n) is 1.43. The lowest BCUT2D eigenvalue weighted by Crippen LogP contribution is -2.15. The molecule has 0 aliphatic carbocycles. The zero-order valence-electron chi connectivity index (χ0n) is 8.59. The van der Waals surface area contributed by atoms with Crippen LogP contribution in [0.1, 0.15) is 17.0 Å². The summed E-state index contributed by atoms with van der Waals surface area (Å²) in [6, 6.07) is 5.72. The molecule has 14 heavy (non-hydrogen) atoms. The molecule has 2 nitrogen and oxygen atoms in total. The normalized spacial score (nSPS) is 12.6. The highest BCUT2D eigenvalue weighted by Crippen LogP contribution is 2.27. The Hall–Kier alpha value is -1.09. The molecule has 3 heteroatoms. The first-order valence-corrected chi connectivity index (χ1v) is 4.63. The Morgan fingerprint density at radius 2 is 2.21 bits per heavy atom. The Kier molecular flexibility index (Phi) is 3.89. The Bertz CT molecular complexity index is 297. The summed E-state index contributed by atoms with van der Waals surface area (Å²) in [5.74, 6) is 0.462. The van der Waals surface area contributed by atoms with Crippen molar-refractivity contribution in [3.63, 3.8) is 0 Å². The molecule has 0 amide bonds. The molecule has 1 unspecified atom stereocenters. The summed E-state index contributed by atoms with van der Waals surface area (Å²) in [4.78, 5) is 0. The highest BCUT2D eigenvalue weighted by Gasteiger charge is 2.14. The predicted octanol–water partition coefficient (Wildman–Crippen LogP) is 2.02. The maximum Gasteiger partial charge on any atom is 0.122 e. The van der Waals surface area contributed by atoms with Crippen LogP contribution in [0.5, 0.6) is 5.75 Å². The number of methoxy groups -OCH3 is 1. The molecule has 1 aromatic rings. The Balaban J connectivity index is 3.06. The third-order valence-corrected chi connectivity index (χ3v) is 2.30. The largest absolute Gasteiger partial charge is 0.496 e. The number of benzene rings is 1. The van der Waals surface area contributed by atoms with Crippen molar-refractivity contribution >= 4 is 0 Å². The zero-order chi connectivity index (χ0) is 10.6. The van der Waals surface area contributed by atoms with Gasteiger partial charge in [0.2, 0.25) is 0 Å². The van der Waals surface area contributed by atoms with E-state index in [1.54, 1.807) is 7.11 Å². The summed E-state index contributed by atoms with van der Waals surface area (Å²) >= 11 is 0. The number of aryl methyl sites for hydroxylation is 1. The molecule has 0 radical (unpaired) electrons. The molecule has 0 heterocycles. The van der Waals surface area contributed by atoms with Gasteiger partial charge in [-0.05, 0) is 18.6 Å². The van der Waals surface area contributed by atoms with Crippen LogP contribution < -0.4 is 10.5 Å². The van der Waals surface area contributed by atoms with Crippen molar-refractivity contribution in [2.75, 3.05) is 20.3 Å². The summed E-state index contributed by atoms with van der Waals surface area (Å²) in [6.45, 7) is 1.82. The Labute approximate surface area is 83.9 Å². The summed E-state index contributed by atoms with van der Waals surface area (Å²) in [7, 11) is 1.59. The Morgan fingerprint density at radius 3 is 2.71 bits per heavy atom. The third kappa shape index (κ3) is 2.23. The lowest BCUT2D eigenvalue weighted by Gasteiger charge is -2.15. The van der Waals surface area contributed by atoms with Gasteiger partial charge in [0.25, 0.3) is 0 Å². The van der Waals surface area contributed by atoms with Gasteiger partial charge in [-0.3, -0.25) is 4.39 Å². The molecular weight excluding hydrogens is 181 g/mol. The minimum atomic E-state index is -0.448. The zero-order valence-corrected chi connectivity index (χ0v) is 8.59. The lowest BCUT2D eigenvalue weighted by molar-refractivity contribution is 0.388. The van der Waals surface area contributed by atoms with Gasteiger partial charge >= 0.3 is 0 Å². The maximum absolute atomic E-state index is 12.6. The van der Waals surface area contributed by atoms with Crippen LogP contribution in [0.3, 0.4) is 0 Å². The number of nitrogens with two attached hydrogens (primary N) is 1. The fourth-order valence-corrected chi connectivity index (χ4v) is 1.43. The quantitative estimate of drug-likeness (QED) is 0.801. The van der Waals surface area contributed by atoms with Crippen LogP contribution in [0.15, 0.2) is 18.2 Å². The van der Waals surface area contributed by atoms with Gasteiger partial charge in [0.15, 0.2) is 0 Å². The molecule has 0 saturated carbocycles. The lowest BCUT2D eigenvalue weighted by atomic mass is 9.98. The van der Waals surface area contributed by atoms with Crippen LogP contribution in [-0.2, 0) is 0 Å². The molecule has 1 rings (SSSR count). The molecule has 0 aliphatic heterocycles. The number of ether oxygens (including phenoxy) is 1. The fraction of sp³-hybridized carbons (Fsp3) is 0.455. The Morgan fingerprint density at radius 1 is 1.50 bits per heavy atom. The van der Waals surface area contributed by atoms with Crippen molar-refractivity contribution in [2.45, 2.75) is 12.8 Å². The van der Waals surface area contributed by atoms with Crippen molar-refractivity contribution < 1.29 is 9.13 Å². The molecule has 2 N–H and O–H groups in total. The molecule has 0 fully saturated rings. The highest BCUT2D eigenvalue weighted by molar-refractivity contribution is 5.39. The molecule has 0 bridgehead atoms. The molecule has 0 saturated heterocycles. The van der Waals surface area contributed by atoms with E-state index in [1.165, 1.54) is 0 Å². The first-order valence-electron chi connectivity index (χ1n) is 4.63. The molecule has 0 aliphatic rings. The molecule has 1 atom stereocenters. The molecule has 0 spiro atoms. The number of hydrogen-bond donors (Lipinski definition) is 1. The molecule has 0 aromatic heterocycles. The van der Waals surface area contributed by atoms with Gasteiger partial charge in [-0.15, -0.1) is 0 Å². The molecule has 1 aromatic carbocycles. The first kappa shape index (κ1) is 11.0. The van der Waals surface area contributed by atoms with E-state index >= 15 is 0 Å². The van der Waals surface area contributed by atoms with Crippen molar-refractivity contribution in [2.24, 2.45) is 5.73 Å². The SMILES string of the molecule is COc1cc(C)ccc1C(CN)CF. The van der Waals surface area contributed by atoms with Gasteiger partial charge in [0.05, 0.1) is 13.8 Å². The second-order valence-corrected chi connectivity index (χ2v) is 3.33. The van der Waals surface area contributed by atoms with E-state index in [0.717, 1.165) is 16.9 Å². The van der Waals surface area contributed by atoms with E-state index in [-0.39, 0.29) is 5.92 Å². The second-order valence-electron chi connectivity index (χ2n) is 3.33. The average molecular weight is 197 g/mol. The van der Waals surface area contributed by atoms with Gasteiger partial charge in [-0.1, -0.05) is 12.1 Å². The van der Waals surface area contributed by atoms with E-state index in [2.05, 4.69) is 0 Å². The minimum absolute atomic E-state index is 0.259. The van der Waals surface area contributed by atoms with Crippen LogP contribution in [-0.4, -0.2) is 20.3 Å². The van der Waals surface area contributed by atoms with Gasteiger partial charge in [-0.2, -0.15) is 0 Å². The van der Waals surface area contributed by atoms with E-state index in [0.29, 0.717) is 6.54 Å². The summed E-state index contributed by atoms with van der Waals surface area (Å²) < 4.78 is 17.8. The van der Waals surface area contributed by atoms with Crippen molar-refractivity contribution in [1.82, 2.24) is 0 Å². The third-order valence-electron chi connectivity index (χ3n) is 2.30. The number of rotatable bonds is 4. The standard InChI is InChI=1S/C11H16FNO/c1-8-3-4-10(9(6-12)7-13)11(5-8)14-2/h3-5,9H,6-7,13H2,1-2H3. The van der Waals surface area contributed by atoms with Crippen LogP contribution in [0.4, 0.5) is 4.39 Å². The van der Waals surface area contributed by atoms with Gasteiger partial charge < -0.3 is 10.5 Å². The smallest absolute Gasteiger partial charge is 0.122 e. The van der Waals surface area contributed by atoms with Crippen LogP contribution in [0, 0.1) is 6.92 Å². The van der Waals surface area contributed by atoms with Crippen LogP contribution in [0.25, 0.3) is 0 Å². The summed E-state index contributed by atoms with van der Waals surface area (Å²) in [6.07, 6.45) is 0. The maximum atomic E-state index is 12.6. The van der Waals surface area contributed by atoms with E-state index in [1.807, 2.05) is 25.1 Å². The minimum Gasteiger partial charge on any atom is -0.496 e. The van der Waals surface area contributed by atoms with E-state index < -0.39 is 6.67 Å². The number of halogens is 1. The topological polar surface area (TPSA) is 35.2 Å². The first-order chi connectivity index (χ1) is 6.72. The van der Waals surface area contributed by atoms with Crippen LogP contribution >= 0.6 is 0 Å². The van der Waals surface area contributed by atoms with Crippen molar-refractivity contribution in [3.8, 4) is 5.75 Å². The van der Waals surface area contributed by atoms with Gasteiger partial charge in [0.1, 0.15) is 5.75 Å². The van der Waals surface area contributed by atoms with E-state index in [9.17, 15) is 4.39 Å². The average Bonchev–Trinajstić information content (AvgIpc) is 2.21. The van der Waals surface area contributed by atoms with Crippen LogP contribution in [0.2, 0.25) is 0 Å². The summed E-state index contributed by atoms with van der Waals surface area (Å²) in [5, 5.41) is 0. The van der Waals surface area contributed by atoms with Crippen molar-refractivity contribution in [3.05, 3.63) is 29.3 Å². The molecular formula is C11H16FNO. The predicted molar refractivity (Wildman–Crippen MR) is 55.5 cm³/mol. The summed E-state index contributed by atoms with van der Waals surface area (Å²) in [5.41, 5.74) is 7.43. The van der Waals surface area contributed by atoms with Gasteiger partial charge in [-0.25, -0.2) is 0 Å². The number of alkyl halides is 1. The van der Waals surface area contributed by atoms with Gasteiger partial charge in [0, 0.05) is 18.0 Å². The number of hydrogen-bond acceptors (Lipinski definition) is 2. The monoisotopic (exact) mass is 197 g/mol. The highest BCUT2D eigenvalue weighted by atomic mass is 19.1. The molecule has 78 valence electrons. The van der Waals surface area contributed by atoms with E-state index in [4.69, 9.17) is 10.5 Å².